The lowest BCUT2D eigenvalue weighted by Crippen LogP contribution is -2.12. The number of hydrogen-bond acceptors (Lipinski definition) is 4. The Labute approximate surface area is 111 Å². The van der Waals surface area contributed by atoms with Gasteiger partial charge in [-0.1, -0.05) is 12.2 Å². The second-order valence-corrected chi connectivity index (χ2v) is 4.08. The van der Waals surface area contributed by atoms with E-state index in [9.17, 15) is 0 Å². The van der Waals surface area contributed by atoms with E-state index in [0.717, 1.165) is 22.7 Å². The zero-order chi connectivity index (χ0) is 13.0. The van der Waals surface area contributed by atoms with Crippen molar-refractivity contribution in [2.75, 3.05) is 12.4 Å². The SMILES string of the molecule is COc1ccc(C(N)=S)c(Nc2cccnc2)c1. The van der Waals surface area contributed by atoms with Crippen molar-refractivity contribution in [3.63, 3.8) is 0 Å². The van der Waals surface area contributed by atoms with Crippen molar-refractivity contribution in [3.8, 4) is 5.75 Å². The molecule has 0 unspecified atom stereocenters. The number of aromatic nitrogens is 1. The van der Waals surface area contributed by atoms with Crippen LogP contribution in [0.2, 0.25) is 0 Å². The minimum absolute atomic E-state index is 0.337. The molecule has 0 amide bonds. The highest BCUT2D eigenvalue weighted by atomic mass is 32.1. The molecule has 1 aromatic heterocycles. The van der Waals surface area contributed by atoms with E-state index in [4.69, 9.17) is 22.7 Å². The number of thiocarbonyl (C=S) groups is 1. The monoisotopic (exact) mass is 259 g/mol. The van der Waals surface area contributed by atoms with Gasteiger partial charge in [-0.2, -0.15) is 0 Å². The fourth-order valence-electron chi connectivity index (χ4n) is 1.56. The topological polar surface area (TPSA) is 60.2 Å². The smallest absolute Gasteiger partial charge is 0.120 e. The minimum atomic E-state index is 0.337. The highest BCUT2D eigenvalue weighted by Gasteiger charge is 2.07. The second kappa shape index (κ2) is 5.46. The standard InChI is InChI=1S/C13H13N3OS/c1-17-10-4-5-11(13(14)18)12(7-10)16-9-3-2-6-15-8-9/h2-8,16H,1H3,(H2,14,18). The van der Waals surface area contributed by atoms with Gasteiger partial charge in [0.25, 0.3) is 0 Å². The quantitative estimate of drug-likeness (QED) is 0.826. The number of anilines is 2. The Hall–Kier alpha value is -2.14. The van der Waals surface area contributed by atoms with E-state index in [1.54, 1.807) is 19.5 Å². The molecule has 1 aromatic carbocycles. The summed E-state index contributed by atoms with van der Waals surface area (Å²) in [7, 11) is 1.61. The van der Waals surface area contributed by atoms with Gasteiger partial charge in [0.15, 0.2) is 0 Å². The van der Waals surface area contributed by atoms with Gasteiger partial charge in [0.2, 0.25) is 0 Å². The molecule has 5 heteroatoms. The van der Waals surface area contributed by atoms with Crippen LogP contribution in [0.3, 0.4) is 0 Å². The van der Waals surface area contributed by atoms with Crippen LogP contribution >= 0.6 is 12.2 Å². The zero-order valence-electron chi connectivity index (χ0n) is 9.88. The van der Waals surface area contributed by atoms with Crippen LogP contribution in [-0.2, 0) is 0 Å². The van der Waals surface area contributed by atoms with E-state index in [2.05, 4.69) is 10.3 Å². The molecule has 0 saturated carbocycles. The van der Waals surface area contributed by atoms with Gasteiger partial charge in [-0.15, -0.1) is 0 Å². The minimum Gasteiger partial charge on any atom is -0.497 e. The lowest BCUT2D eigenvalue weighted by atomic mass is 10.1. The maximum absolute atomic E-state index is 5.69. The number of nitrogens with zero attached hydrogens (tertiary/aromatic N) is 1. The van der Waals surface area contributed by atoms with Crippen molar-refractivity contribution < 1.29 is 4.74 Å². The maximum atomic E-state index is 5.69. The van der Waals surface area contributed by atoms with Crippen molar-refractivity contribution in [2.24, 2.45) is 5.73 Å². The Kier molecular flexibility index (Phi) is 3.74. The zero-order valence-corrected chi connectivity index (χ0v) is 10.7. The van der Waals surface area contributed by atoms with Crippen LogP contribution in [0.25, 0.3) is 0 Å². The molecule has 4 nitrogen and oxygen atoms in total. The van der Waals surface area contributed by atoms with Gasteiger partial charge < -0.3 is 15.8 Å². The van der Waals surface area contributed by atoms with Crippen LogP contribution in [0, 0.1) is 0 Å². The lowest BCUT2D eigenvalue weighted by Gasteiger charge is -2.12. The number of pyridine rings is 1. The van der Waals surface area contributed by atoms with Crippen molar-refractivity contribution in [1.29, 1.82) is 0 Å². The summed E-state index contributed by atoms with van der Waals surface area (Å²) in [6.07, 6.45) is 3.44. The Bertz CT molecular complexity index is 557. The number of methoxy groups -OCH3 is 1. The van der Waals surface area contributed by atoms with E-state index in [1.165, 1.54) is 0 Å². The summed E-state index contributed by atoms with van der Waals surface area (Å²) < 4.78 is 5.19. The van der Waals surface area contributed by atoms with Crippen molar-refractivity contribution in [2.45, 2.75) is 0 Å². The average Bonchev–Trinajstić information content (AvgIpc) is 2.39. The maximum Gasteiger partial charge on any atom is 0.120 e. The molecular formula is C13H13N3OS. The molecule has 0 aliphatic carbocycles. The average molecular weight is 259 g/mol. The van der Waals surface area contributed by atoms with E-state index in [1.807, 2.05) is 30.3 Å². The molecule has 0 radical (unpaired) electrons. The van der Waals surface area contributed by atoms with E-state index >= 15 is 0 Å². The molecule has 0 aliphatic rings. The van der Waals surface area contributed by atoms with Crippen molar-refractivity contribution in [3.05, 3.63) is 48.3 Å². The first-order valence-corrected chi connectivity index (χ1v) is 5.76. The van der Waals surface area contributed by atoms with Crippen LogP contribution in [0.4, 0.5) is 11.4 Å². The molecule has 92 valence electrons. The van der Waals surface area contributed by atoms with Gasteiger partial charge in [-0.3, -0.25) is 4.98 Å². The summed E-state index contributed by atoms with van der Waals surface area (Å²) in [5.41, 5.74) is 8.13. The Morgan fingerprint density at radius 3 is 2.83 bits per heavy atom. The van der Waals surface area contributed by atoms with Gasteiger partial charge >= 0.3 is 0 Å². The highest BCUT2D eigenvalue weighted by molar-refractivity contribution is 7.80. The second-order valence-electron chi connectivity index (χ2n) is 3.64. The van der Waals surface area contributed by atoms with E-state index in [0.29, 0.717) is 4.99 Å². The number of ether oxygens (including phenoxy) is 1. The van der Waals surface area contributed by atoms with Gasteiger partial charge in [0, 0.05) is 17.8 Å². The molecule has 0 aliphatic heterocycles. The predicted molar refractivity (Wildman–Crippen MR) is 76.4 cm³/mol. The molecule has 3 N–H and O–H groups in total. The Morgan fingerprint density at radius 1 is 1.39 bits per heavy atom. The highest BCUT2D eigenvalue weighted by Crippen LogP contribution is 2.25. The third-order valence-corrected chi connectivity index (χ3v) is 2.65. The number of benzene rings is 1. The Morgan fingerprint density at radius 2 is 2.22 bits per heavy atom. The first-order chi connectivity index (χ1) is 8.70. The van der Waals surface area contributed by atoms with Gasteiger partial charge in [-0.25, -0.2) is 0 Å². The van der Waals surface area contributed by atoms with E-state index < -0.39 is 0 Å². The van der Waals surface area contributed by atoms with E-state index in [-0.39, 0.29) is 0 Å². The summed E-state index contributed by atoms with van der Waals surface area (Å²) in [5.74, 6) is 0.737. The van der Waals surface area contributed by atoms with Gasteiger partial charge in [0.1, 0.15) is 10.7 Å². The molecule has 0 saturated heterocycles. The lowest BCUT2D eigenvalue weighted by molar-refractivity contribution is 0.415. The first-order valence-electron chi connectivity index (χ1n) is 5.35. The van der Waals surface area contributed by atoms with Gasteiger partial charge in [-0.05, 0) is 24.3 Å². The van der Waals surface area contributed by atoms with Crippen LogP contribution in [0.1, 0.15) is 5.56 Å². The van der Waals surface area contributed by atoms with Crippen molar-refractivity contribution in [1.82, 2.24) is 4.98 Å². The summed E-state index contributed by atoms with van der Waals surface area (Å²) in [6.45, 7) is 0. The van der Waals surface area contributed by atoms with Crippen LogP contribution < -0.4 is 15.8 Å². The first kappa shape index (κ1) is 12.3. The van der Waals surface area contributed by atoms with Crippen LogP contribution in [0.15, 0.2) is 42.7 Å². The molecule has 18 heavy (non-hydrogen) atoms. The number of hydrogen-bond donors (Lipinski definition) is 2. The predicted octanol–water partition coefficient (Wildman–Crippen LogP) is 2.47. The molecule has 0 spiro atoms. The summed E-state index contributed by atoms with van der Waals surface area (Å²) in [5, 5.41) is 3.22. The van der Waals surface area contributed by atoms with Crippen molar-refractivity contribution >= 4 is 28.6 Å². The molecular weight excluding hydrogens is 246 g/mol. The summed E-state index contributed by atoms with van der Waals surface area (Å²) in [6, 6.07) is 9.27. The third-order valence-electron chi connectivity index (χ3n) is 2.43. The molecule has 0 fully saturated rings. The summed E-state index contributed by atoms with van der Waals surface area (Å²) >= 11 is 5.03. The summed E-state index contributed by atoms with van der Waals surface area (Å²) in [4.78, 5) is 4.38. The van der Waals surface area contributed by atoms with Crippen LogP contribution in [-0.4, -0.2) is 17.1 Å². The molecule has 1 heterocycles. The normalized spacial score (nSPS) is 9.83. The fraction of sp³-hybridized carbons (Fsp3) is 0.0769. The Balaban J connectivity index is 2.38. The molecule has 2 rings (SSSR count). The molecule has 0 atom stereocenters. The third kappa shape index (κ3) is 2.75. The number of rotatable bonds is 4. The number of nitrogens with two attached hydrogens (primary N) is 1. The van der Waals surface area contributed by atoms with Gasteiger partial charge in [0.05, 0.1) is 24.7 Å². The number of nitrogens with one attached hydrogen (secondary N) is 1. The molecule has 0 bridgehead atoms. The fourth-order valence-corrected chi connectivity index (χ4v) is 1.74. The largest absolute Gasteiger partial charge is 0.497 e. The van der Waals surface area contributed by atoms with Crippen LogP contribution in [0.5, 0.6) is 5.75 Å². The molecule has 2 aromatic rings.